The van der Waals surface area contributed by atoms with Crippen molar-refractivity contribution in [3.63, 3.8) is 0 Å². The molecule has 1 aromatic rings. The third kappa shape index (κ3) is 3.90. The van der Waals surface area contributed by atoms with E-state index in [2.05, 4.69) is 14.8 Å². The monoisotopic (exact) mass is 343 g/mol. The molecule has 0 spiro atoms. The lowest BCUT2D eigenvalue weighted by molar-refractivity contribution is 0.177. The maximum Gasteiger partial charge on any atom is 0.280 e. The summed E-state index contributed by atoms with van der Waals surface area (Å²) in [5.41, 5.74) is 0. The molecule has 2 aliphatic rings. The van der Waals surface area contributed by atoms with E-state index in [9.17, 15) is 8.42 Å². The van der Waals surface area contributed by atoms with E-state index in [1.165, 1.54) is 0 Å². The molecule has 8 nitrogen and oxygen atoms in total. The summed E-state index contributed by atoms with van der Waals surface area (Å²) < 4.78 is 36.6. The Bertz CT molecular complexity index is 622. The quantitative estimate of drug-likeness (QED) is 0.860. The van der Waals surface area contributed by atoms with Crippen LogP contribution in [0.1, 0.15) is 56.2 Å². The van der Waals surface area contributed by atoms with Gasteiger partial charge in [0, 0.05) is 26.7 Å². The van der Waals surface area contributed by atoms with Gasteiger partial charge in [0.25, 0.3) is 10.2 Å². The minimum Gasteiger partial charge on any atom is -0.377 e. The van der Waals surface area contributed by atoms with E-state index in [-0.39, 0.29) is 6.04 Å². The number of hydrogen-bond donors (Lipinski definition) is 1. The molecule has 130 valence electrons. The number of ether oxygens (including phenoxy) is 1. The summed E-state index contributed by atoms with van der Waals surface area (Å²) in [6, 6.07) is -0.310. The number of nitrogens with one attached hydrogen (secondary N) is 1. The molecular formula is C14H25N5O3S. The van der Waals surface area contributed by atoms with Gasteiger partial charge in [0.1, 0.15) is 12.4 Å². The second-order valence-corrected chi connectivity index (χ2v) is 7.88. The summed E-state index contributed by atoms with van der Waals surface area (Å²) in [6.45, 7) is 2.31. The van der Waals surface area contributed by atoms with Crippen LogP contribution in [0, 0.1) is 0 Å². The fourth-order valence-corrected chi connectivity index (χ4v) is 4.71. The molecule has 1 unspecified atom stereocenters. The van der Waals surface area contributed by atoms with Gasteiger partial charge in [0.15, 0.2) is 5.82 Å². The molecule has 23 heavy (non-hydrogen) atoms. The molecule has 1 fully saturated rings. The summed E-state index contributed by atoms with van der Waals surface area (Å²) in [5, 5.41) is 4.38. The minimum atomic E-state index is -3.48. The van der Waals surface area contributed by atoms with Crippen molar-refractivity contribution in [2.45, 2.75) is 57.7 Å². The van der Waals surface area contributed by atoms with Gasteiger partial charge in [0.05, 0.1) is 6.04 Å². The number of methoxy groups -OCH3 is 1. The summed E-state index contributed by atoms with van der Waals surface area (Å²) in [4.78, 5) is 4.45. The highest BCUT2D eigenvalue weighted by molar-refractivity contribution is 7.87. The van der Waals surface area contributed by atoms with E-state index < -0.39 is 10.2 Å². The van der Waals surface area contributed by atoms with Crippen molar-refractivity contribution in [2.24, 2.45) is 0 Å². The molecule has 2 aliphatic heterocycles. The predicted octanol–water partition coefficient (Wildman–Crippen LogP) is 0.970. The zero-order valence-corrected chi connectivity index (χ0v) is 14.4. The molecule has 1 atom stereocenters. The van der Waals surface area contributed by atoms with Gasteiger partial charge in [-0.3, -0.25) is 0 Å². The number of fused-ring (bicyclic) bond motifs is 1. The van der Waals surface area contributed by atoms with Crippen molar-refractivity contribution in [2.75, 3.05) is 20.2 Å². The molecule has 0 bridgehead atoms. The third-order valence-electron chi connectivity index (χ3n) is 4.39. The molecular weight excluding hydrogens is 318 g/mol. The van der Waals surface area contributed by atoms with Crippen LogP contribution < -0.4 is 4.72 Å². The van der Waals surface area contributed by atoms with Crippen molar-refractivity contribution < 1.29 is 13.2 Å². The molecule has 1 N–H and O–H groups in total. The zero-order chi connectivity index (χ0) is 16.3. The van der Waals surface area contributed by atoms with Gasteiger partial charge in [-0.2, -0.15) is 22.5 Å². The number of hydrogen-bond acceptors (Lipinski definition) is 5. The van der Waals surface area contributed by atoms with Gasteiger partial charge in [-0.15, -0.1) is 0 Å². The van der Waals surface area contributed by atoms with Crippen LogP contribution in [0.4, 0.5) is 0 Å². The van der Waals surface area contributed by atoms with Crippen LogP contribution in [0.25, 0.3) is 0 Å². The number of rotatable bonds is 5. The summed E-state index contributed by atoms with van der Waals surface area (Å²) in [5.74, 6) is 1.30. The van der Waals surface area contributed by atoms with E-state index in [0.29, 0.717) is 31.3 Å². The van der Waals surface area contributed by atoms with Crippen molar-refractivity contribution >= 4 is 10.2 Å². The molecule has 3 rings (SSSR count). The lowest BCUT2D eigenvalue weighted by Crippen LogP contribution is -2.44. The van der Waals surface area contributed by atoms with E-state index in [1.54, 1.807) is 16.1 Å². The zero-order valence-electron chi connectivity index (χ0n) is 13.6. The van der Waals surface area contributed by atoms with E-state index in [0.717, 1.165) is 45.1 Å². The maximum atomic E-state index is 12.7. The standard InChI is InChI=1S/C14H25N5O3S/c1-22-11-13-15-14-12(7-6-10-19(14)16-13)17-23(20,21)18-8-4-2-3-5-9-18/h12,17H,2-11H2,1H3. The average Bonchev–Trinajstić information content (AvgIpc) is 2.74. The average molecular weight is 343 g/mol. The Balaban J connectivity index is 1.75. The highest BCUT2D eigenvalue weighted by Gasteiger charge is 2.31. The normalized spacial score (nSPS) is 23.4. The predicted molar refractivity (Wildman–Crippen MR) is 84.8 cm³/mol. The highest BCUT2D eigenvalue weighted by Crippen LogP contribution is 2.25. The van der Waals surface area contributed by atoms with Crippen LogP contribution in [0.15, 0.2) is 0 Å². The lowest BCUT2D eigenvalue weighted by Gasteiger charge is -2.27. The molecule has 1 aromatic heterocycles. The van der Waals surface area contributed by atoms with Crippen molar-refractivity contribution in [1.29, 1.82) is 0 Å². The first-order valence-electron chi connectivity index (χ1n) is 8.30. The van der Waals surface area contributed by atoms with Crippen molar-refractivity contribution in [1.82, 2.24) is 23.8 Å². The Morgan fingerprint density at radius 1 is 1.17 bits per heavy atom. The summed E-state index contributed by atoms with van der Waals surface area (Å²) in [6.07, 6.45) is 5.70. The first kappa shape index (κ1) is 16.8. The number of nitrogens with zero attached hydrogens (tertiary/aromatic N) is 4. The fraction of sp³-hybridized carbons (Fsp3) is 0.857. The van der Waals surface area contributed by atoms with Crippen LogP contribution in [0.5, 0.6) is 0 Å². The van der Waals surface area contributed by atoms with Crippen LogP contribution in [0.3, 0.4) is 0 Å². The molecule has 9 heteroatoms. The SMILES string of the molecule is COCc1nc2n(n1)CCCC2NS(=O)(=O)N1CCCCCC1. The van der Waals surface area contributed by atoms with E-state index >= 15 is 0 Å². The Morgan fingerprint density at radius 2 is 1.91 bits per heavy atom. The number of aromatic nitrogens is 3. The number of aryl methyl sites for hydroxylation is 1. The van der Waals surface area contributed by atoms with Crippen molar-refractivity contribution in [3.05, 3.63) is 11.6 Å². The molecule has 0 aliphatic carbocycles. The molecule has 0 radical (unpaired) electrons. The first-order chi connectivity index (χ1) is 11.1. The molecule has 1 saturated heterocycles. The maximum absolute atomic E-state index is 12.7. The molecule has 0 aromatic carbocycles. The smallest absolute Gasteiger partial charge is 0.280 e. The van der Waals surface area contributed by atoms with Crippen LogP contribution in [-0.2, 0) is 28.1 Å². The van der Waals surface area contributed by atoms with Gasteiger partial charge in [-0.25, -0.2) is 9.67 Å². The minimum absolute atomic E-state index is 0.310. The Hall–Kier alpha value is -1.03. The first-order valence-corrected chi connectivity index (χ1v) is 9.74. The largest absolute Gasteiger partial charge is 0.377 e. The van der Waals surface area contributed by atoms with Crippen molar-refractivity contribution in [3.8, 4) is 0 Å². The third-order valence-corrected chi connectivity index (χ3v) is 6.02. The van der Waals surface area contributed by atoms with E-state index in [1.807, 2.05) is 0 Å². The van der Waals surface area contributed by atoms with E-state index in [4.69, 9.17) is 4.74 Å². The van der Waals surface area contributed by atoms with Crippen LogP contribution >= 0.6 is 0 Å². The fourth-order valence-electron chi connectivity index (χ4n) is 3.24. The van der Waals surface area contributed by atoms with Gasteiger partial charge in [0.2, 0.25) is 0 Å². The molecule has 3 heterocycles. The van der Waals surface area contributed by atoms with Crippen LogP contribution in [0.2, 0.25) is 0 Å². The Kier molecular flexibility index (Phi) is 5.30. The summed E-state index contributed by atoms with van der Waals surface area (Å²) in [7, 11) is -1.88. The second kappa shape index (κ2) is 7.25. The molecule has 0 saturated carbocycles. The topological polar surface area (TPSA) is 89.3 Å². The highest BCUT2D eigenvalue weighted by atomic mass is 32.2. The second-order valence-electron chi connectivity index (χ2n) is 6.17. The van der Waals surface area contributed by atoms with Gasteiger partial charge < -0.3 is 4.74 Å². The molecule has 0 amide bonds. The Labute approximate surface area is 137 Å². The van der Waals surface area contributed by atoms with Gasteiger partial charge >= 0.3 is 0 Å². The lowest BCUT2D eigenvalue weighted by atomic mass is 10.1. The van der Waals surface area contributed by atoms with Gasteiger partial charge in [-0.05, 0) is 25.7 Å². The van der Waals surface area contributed by atoms with Crippen LogP contribution in [-0.4, -0.2) is 47.7 Å². The summed E-state index contributed by atoms with van der Waals surface area (Å²) >= 11 is 0. The Morgan fingerprint density at radius 3 is 2.61 bits per heavy atom. The van der Waals surface area contributed by atoms with Gasteiger partial charge in [-0.1, -0.05) is 12.8 Å².